The zero-order chi connectivity index (χ0) is 13.4. The standard InChI is InChI=1S/C16H11FOS/c1-10-6-7-12(8-13(10)17)16(18)15-9-11-4-2-3-5-14(11)19-15/h2-9H,1H3. The highest BCUT2D eigenvalue weighted by atomic mass is 32.1. The van der Waals surface area contributed by atoms with Crippen molar-refractivity contribution in [3.05, 3.63) is 70.4 Å². The van der Waals surface area contributed by atoms with E-state index >= 15 is 0 Å². The van der Waals surface area contributed by atoms with Gasteiger partial charge in [0, 0.05) is 10.3 Å². The number of carbonyl (C=O) groups is 1. The number of aryl methyl sites for hydroxylation is 1. The lowest BCUT2D eigenvalue weighted by Crippen LogP contribution is -1.99. The van der Waals surface area contributed by atoms with Gasteiger partial charge in [0.15, 0.2) is 0 Å². The molecule has 2 aromatic carbocycles. The Balaban J connectivity index is 2.05. The molecule has 0 amide bonds. The number of thiophene rings is 1. The van der Waals surface area contributed by atoms with Crippen LogP contribution in [0.5, 0.6) is 0 Å². The summed E-state index contributed by atoms with van der Waals surface area (Å²) in [6, 6.07) is 14.3. The molecule has 0 aliphatic carbocycles. The minimum absolute atomic E-state index is 0.125. The summed E-state index contributed by atoms with van der Waals surface area (Å²) in [4.78, 5) is 13.0. The van der Waals surface area contributed by atoms with Crippen molar-refractivity contribution in [1.29, 1.82) is 0 Å². The van der Waals surface area contributed by atoms with Crippen molar-refractivity contribution in [1.82, 2.24) is 0 Å². The molecule has 0 unspecified atom stereocenters. The van der Waals surface area contributed by atoms with Gasteiger partial charge in [-0.15, -0.1) is 11.3 Å². The monoisotopic (exact) mass is 270 g/mol. The first-order valence-corrected chi connectivity index (χ1v) is 6.76. The first-order chi connectivity index (χ1) is 9.15. The number of hydrogen-bond donors (Lipinski definition) is 0. The normalized spacial score (nSPS) is 10.8. The number of benzene rings is 2. The van der Waals surface area contributed by atoms with Crippen LogP contribution in [0.25, 0.3) is 10.1 Å². The molecule has 3 rings (SSSR count). The molecule has 0 fully saturated rings. The van der Waals surface area contributed by atoms with Crippen molar-refractivity contribution in [2.24, 2.45) is 0 Å². The number of carbonyl (C=O) groups excluding carboxylic acids is 1. The van der Waals surface area contributed by atoms with E-state index in [1.807, 2.05) is 30.3 Å². The molecular weight excluding hydrogens is 259 g/mol. The van der Waals surface area contributed by atoms with E-state index in [1.165, 1.54) is 17.4 Å². The van der Waals surface area contributed by atoms with Crippen molar-refractivity contribution in [3.8, 4) is 0 Å². The summed E-state index contributed by atoms with van der Waals surface area (Å²) in [6.45, 7) is 1.68. The smallest absolute Gasteiger partial charge is 0.203 e. The van der Waals surface area contributed by atoms with Crippen LogP contribution < -0.4 is 0 Å². The Morgan fingerprint density at radius 3 is 2.63 bits per heavy atom. The second-order valence-corrected chi connectivity index (χ2v) is 5.53. The van der Waals surface area contributed by atoms with Crippen LogP contribution in [0, 0.1) is 12.7 Å². The lowest BCUT2D eigenvalue weighted by Gasteiger charge is -2.00. The van der Waals surface area contributed by atoms with Crippen molar-refractivity contribution in [3.63, 3.8) is 0 Å². The molecule has 19 heavy (non-hydrogen) atoms. The zero-order valence-electron chi connectivity index (χ0n) is 10.3. The van der Waals surface area contributed by atoms with E-state index in [-0.39, 0.29) is 11.6 Å². The maximum Gasteiger partial charge on any atom is 0.203 e. The molecule has 1 nitrogen and oxygen atoms in total. The van der Waals surface area contributed by atoms with Gasteiger partial charge in [-0.3, -0.25) is 4.79 Å². The quantitative estimate of drug-likeness (QED) is 0.623. The van der Waals surface area contributed by atoms with Gasteiger partial charge in [-0.25, -0.2) is 4.39 Å². The van der Waals surface area contributed by atoms with Crippen LogP contribution in [-0.4, -0.2) is 5.78 Å². The number of halogens is 1. The molecule has 94 valence electrons. The minimum atomic E-state index is -0.341. The Hall–Kier alpha value is -2.00. The molecule has 0 radical (unpaired) electrons. The van der Waals surface area contributed by atoms with Crippen molar-refractivity contribution in [2.75, 3.05) is 0 Å². The SMILES string of the molecule is Cc1ccc(C(=O)c2cc3ccccc3s2)cc1F. The second-order valence-electron chi connectivity index (χ2n) is 4.44. The lowest BCUT2D eigenvalue weighted by molar-refractivity contribution is 0.104. The fourth-order valence-electron chi connectivity index (χ4n) is 1.97. The fourth-order valence-corrected chi connectivity index (χ4v) is 2.99. The number of fused-ring (bicyclic) bond motifs is 1. The van der Waals surface area contributed by atoms with E-state index in [1.54, 1.807) is 19.1 Å². The van der Waals surface area contributed by atoms with Crippen LogP contribution in [-0.2, 0) is 0 Å². The van der Waals surface area contributed by atoms with Crippen LogP contribution >= 0.6 is 11.3 Å². The van der Waals surface area contributed by atoms with Gasteiger partial charge in [0.1, 0.15) is 5.82 Å². The zero-order valence-corrected chi connectivity index (χ0v) is 11.1. The summed E-state index contributed by atoms with van der Waals surface area (Å²) in [5.41, 5.74) is 0.947. The lowest BCUT2D eigenvalue weighted by atomic mass is 10.1. The van der Waals surface area contributed by atoms with Crippen LogP contribution in [0.3, 0.4) is 0 Å². The van der Waals surface area contributed by atoms with Gasteiger partial charge in [-0.1, -0.05) is 30.3 Å². The highest BCUT2D eigenvalue weighted by Crippen LogP contribution is 2.27. The number of hydrogen-bond acceptors (Lipinski definition) is 2. The second kappa shape index (κ2) is 4.59. The highest BCUT2D eigenvalue weighted by molar-refractivity contribution is 7.21. The summed E-state index contributed by atoms with van der Waals surface area (Å²) in [6.07, 6.45) is 0. The molecule has 0 spiro atoms. The average molecular weight is 270 g/mol. The van der Waals surface area contributed by atoms with E-state index in [4.69, 9.17) is 0 Å². The maximum absolute atomic E-state index is 13.5. The molecule has 0 saturated heterocycles. The van der Waals surface area contributed by atoms with Gasteiger partial charge in [0.05, 0.1) is 4.88 Å². The van der Waals surface area contributed by atoms with E-state index in [0.717, 1.165) is 10.1 Å². The van der Waals surface area contributed by atoms with E-state index in [9.17, 15) is 9.18 Å². The summed E-state index contributed by atoms with van der Waals surface area (Å²) in [7, 11) is 0. The molecule has 1 heterocycles. The minimum Gasteiger partial charge on any atom is -0.288 e. The van der Waals surface area contributed by atoms with Crippen LogP contribution in [0.15, 0.2) is 48.5 Å². The van der Waals surface area contributed by atoms with E-state index in [2.05, 4.69) is 0 Å². The molecular formula is C16H11FOS. The molecule has 0 saturated carbocycles. The third-order valence-corrected chi connectivity index (χ3v) is 4.20. The van der Waals surface area contributed by atoms with Crippen LogP contribution in [0.4, 0.5) is 4.39 Å². The number of ketones is 1. The molecule has 1 aromatic heterocycles. The first kappa shape index (κ1) is 12.1. The topological polar surface area (TPSA) is 17.1 Å². The van der Waals surface area contributed by atoms with Gasteiger partial charge in [0.25, 0.3) is 0 Å². The summed E-state index contributed by atoms with van der Waals surface area (Å²) in [5.74, 6) is -0.466. The van der Waals surface area contributed by atoms with E-state index in [0.29, 0.717) is 16.0 Å². The molecule has 0 bridgehead atoms. The average Bonchev–Trinajstić information content (AvgIpc) is 2.85. The van der Waals surface area contributed by atoms with E-state index < -0.39 is 0 Å². The first-order valence-electron chi connectivity index (χ1n) is 5.94. The maximum atomic E-state index is 13.5. The highest BCUT2D eigenvalue weighted by Gasteiger charge is 2.13. The van der Waals surface area contributed by atoms with Crippen molar-refractivity contribution in [2.45, 2.75) is 6.92 Å². The van der Waals surface area contributed by atoms with Crippen molar-refractivity contribution >= 4 is 27.2 Å². The van der Waals surface area contributed by atoms with Gasteiger partial charge in [0.2, 0.25) is 5.78 Å². The molecule has 0 N–H and O–H groups in total. The third-order valence-electron chi connectivity index (χ3n) is 3.08. The molecule has 0 aliphatic heterocycles. The predicted molar refractivity (Wildman–Crippen MR) is 76.4 cm³/mol. The predicted octanol–water partition coefficient (Wildman–Crippen LogP) is 4.58. The van der Waals surface area contributed by atoms with Crippen molar-refractivity contribution < 1.29 is 9.18 Å². The molecule has 3 heteroatoms. The molecule has 0 atom stereocenters. The van der Waals surface area contributed by atoms with Gasteiger partial charge in [-0.05, 0) is 36.1 Å². The fraction of sp³-hybridized carbons (Fsp3) is 0.0625. The van der Waals surface area contributed by atoms with Crippen LogP contribution in [0.1, 0.15) is 20.8 Å². The Labute approximate surface area is 114 Å². The summed E-state index contributed by atoms with van der Waals surface area (Å²) >= 11 is 1.44. The van der Waals surface area contributed by atoms with Gasteiger partial charge < -0.3 is 0 Å². The Morgan fingerprint density at radius 2 is 1.89 bits per heavy atom. The molecule has 0 aliphatic rings. The summed E-state index contributed by atoms with van der Waals surface area (Å²) in [5, 5.41) is 1.04. The number of rotatable bonds is 2. The van der Waals surface area contributed by atoms with Crippen LogP contribution in [0.2, 0.25) is 0 Å². The summed E-state index contributed by atoms with van der Waals surface area (Å²) < 4.78 is 14.6. The van der Waals surface area contributed by atoms with Gasteiger partial charge >= 0.3 is 0 Å². The molecule has 3 aromatic rings. The Bertz CT molecular complexity index is 740. The third kappa shape index (κ3) is 2.17. The Morgan fingerprint density at radius 1 is 1.11 bits per heavy atom. The largest absolute Gasteiger partial charge is 0.288 e. The Kier molecular flexibility index (Phi) is 2.91. The van der Waals surface area contributed by atoms with Gasteiger partial charge in [-0.2, -0.15) is 0 Å².